The zero-order valence-corrected chi connectivity index (χ0v) is 6.96. The van der Waals surface area contributed by atoms with Gasteiger partial charge in [-0.05, 0) is 5.92 Å². The Morgan fingerprint density at radius 1 is 1.33 bits per heavy atom. The normalized spacial score (nSPS) is 11.2. The molecule has 0 aliphatic carbocycles. The van der Waals surface area contributed by atoms with Crippen molar-refractivity contribution in [2.24, 2.45) is 0 Å². The molecule has 0 bridgehead atoms. The monoisotopic (exact) mass is 172 g/mol. The average molecular weight is 172 g/mol. The van der Waals surface area contributed by atoms with Gasteiger partial charge in [-0.15, -0.1) is 0 Å². The van der Waals surface area contributed by atoms with Crippen molar-refractivity contribution in [1.82, 2.24) is 9.97 Å². The topological polar surface area (TPSA) is 25.8 Å². The van der Waals surface area contributed by atoms with Crippen molar-refractivity contribution in [3.63, 3.8) is 0 Å². The van der Waals surface area contributed by atoms with Gasteiger partial charge in [0.05, 0.1) is 0 Å². The lowest BCUT2D eigenvalue weighted by molar-refractivity contribution is 0.144. The minimum atomic E-state index is -2.51. The number of aromatic nitrogens is 2. The van der Waals surface area contributed by atoms with Crippen LogP contribution in [0.25, 0.3) is 0 Å². The van der Waals surface area contributed by atoms with E-state index in [0.29, 0.717) is 5.56 Å². The summed E-state index contributed by atoms with van der Waals surface area (Å²) >= 11 is 0. The van der Waals surface area contributed by atoms with Gasteiger partial charge in [-0.1, -0.05) is 13.8 Å². The Balaban J connectivity index is 3.09. The van der Waals surface area contributed by atoms with Crippen LogP contribution in [0.5, 0.6) is 0 Å². The minimum Gasteiger partial charge on any atom is -0.245 e. The molecule has 1 aromatic rings. The van der Waals surface area contributed by atoms with Crippen molar-refractivity contribution in [2.75, 3.05) is 0 Å². The van der Waals surface area contributed by atoms with Gasteiger partial charge in [0, 0.05) is 11.8 Å². The van der Waals surface area contributed by atoms with Crippen LogP contribution in [-0.2, 0) is 0 Å². The molecule has 0 unspecified atom stereocenters. The summed E-state index contributed by atoms with van der Waals surface area (Å²) < 4.78 is 24.6. The molecule has 0 amide bonds. The lowest BCUT2D eigenvalue weighted by Crippen LogP contribution is -2.00. The lowest BCUT2D eigenvalue weighted by Gasteiger charge is -2.08. The Labute approximate surface area is 69.7 Å². The van der Waals surface area contributed by atoms with E-state index in [1.54, 1.807) is 0 Å². The Morgan fingerprint density at radius 3 is 2.42 bits per heavy atom. The average Bonchev–Trinajstić information content (AvgIpc) is 2.04. The van der Waals surface area contributed by atoms with Gasteiger partial charge in [-0.25, -0.2) is 18.7 Å². The first-order chi connectivity index (χ1) is 5.63. The van der Waals surface area contributed by atoms with E-state index in [1.165, 1.54) is 6.20 Å². The fourth-order valence-corrected chi connectivity index (χ4v) is 0.977. The van der Waals surface area contributed by atoms with Crippen molar-refractivity contribution in [3.8, 4) is 0 Å². The molecule has 0 atom stereocenters. The summed E-state index contributed by atoms with van der Waals surface area (Å²) in [7, 11) is 0. The smallest absolute Gasteiger partial charge is 0.245 e. The summed E-state index contributed by atoms with van der Waals surface area (Å²) in [5.74, 6) is 0.0372. The molecule has 1 rings (SSSR count). The largest absolute Gasteiger partial charge is 0.280 e. The maximum absolute atomic E-state index is 12.3. The van der Waals surface area contributed by atoms with Crippen LogP contribution in [-0.4, -0.2) is 9.97 Å². The summed E-state index contributed by atoms with van der Waals surface area (Å²) in [6.45, 7) is 3.68. The number of hydrogen-bond donors (Lipinski definition) is 0. The quantitative estimate of drug-likeness (QED) is 0.685. The maximum Gasteiger partial charge on any atom is 0.280 e. The molecule has 0 N–H and O–H groups in total. The highest BCUT2D eigenvalue weighted by atomic mass is 19.3. The molecule has 1 aromatic heterocycles. The standard InChI is InChI=1S/C8H10F2N2/c1-5(2)6-3-11-4-12-7(6)8(9)10/h3-5,8H,1-2H3. The highest BCUT2D eigenvalue weighted by Crippen LogP contribution is 2.24. The molecule has 1 heterocycles. The van der Waals surface area contributed by atoms with Gasteiger partial charge in [-0.3, -0.25) is 0 Å². The van der Waals surface area contributed by atoms with E-state index < -0.39 is 6.43 Å². The Morgan fingerprint density at radius 2 is 2.00 bits per heavy atom. The molecule has 0 radical (unpaired) electrons. The van der Waals surface area contributed by atoms with E-state index in [-0.39, 0.29) is 11.6 Å². The summed E-state index contributed by atoms with van der Waals surface area (Å²) in [6, 6.07) is 0. The van der Waals surface area contributed by atoms with E-state index in [2.05, 4.69) is 9.97 Å². The Kier molecular flexibility index (Phi) is 2.68. The molecule has 0 fully saturated rings. The van der Waals surface area contributed by atoms with Gasteiger partial charge in [0.1, 0.15) is 12.0 Å². The predicted molar refractivity (Wildman–Crippen MR) is 41.1 cm³/mol. The fourth-order valence-electron chi connectivity index (χ4n) is 0.977. The molecule has 0 aromatic carbocycles. The van der Waals surface area contributed by atoms with Crippen LogP contribution < -0.4 is 0 Å². The van der Waals surface area contributed by atoms with Crippen LogP contribution in [0, 0.1) is 0 Å². The molecule has 12 heavy (non-hydrogen) atoms. The zero-order valence-electron chi connectivity index (χ0n) is 6.96. The van der Waals surface area contributed by atoms with Gasteiger partial charge >= 0.3 is 0 Å². The molecule has 2 nitrogen and oxygen atoms in total. The number of nitrogens with zero attached hydrogens (tertiary/aromatic N) is 2. The first-order valence-electron chi connectivity index (χ1n) is 3.71. The lowest BCUT2D eigenvalue weighted by atomic mass is 10.0. The van der Waals surface area contributed by atoms with Crippen LogP contribution in [0.1, 0.15) is 37.4 Å². The van der Waals surface area contributed by atoms with Crippen LogP contribution in [0.3, 0.4) is 0 Å². The summed E-state index contributed by atoms with van der Waals surface area (Å²) in [4.78, 5) is 7.24. The molecule has 4 heteroatoms. The SMILES string of the molecule is CC(C)c1cncnc1C(F)F. The number of rotatable bonds is 2. The van der Waals surface area contributed by atoms with Gasteiger partial charge in [0.25, 0.3) is 6.43 Å². The van der Waals surface area contributed by atoms with Gasteiger partial charge < -0.3 is 0 Å². The molecule has 66 valence electrons. The third-order valence-electron chi connectivity index (χ3n) is 1.60. The number of halogens is 2. The summed E-state index contributed by atoms with van der Waals surface area (Å²) in [6.07, 6.45) is 0.0809. The second kappa shape index (κ2) is 3.56. The summed E-state index contributed by atoms with van der Waals surface area (Å²) in [5, 5.41) is 0. The maximum atomic E-state index is 12.3. The van der Waals surface area contributed by atoms with Crippen LogP contribution in [0.15, 0.2) is 12.5 Å². The number of alkyl halides is 2. The highest BCUT2D eigenvalue weighted by Gasteiger charge is 2.16. The first-order valence-corrected chi connectivity index (χ1v) is 3.71. The van der Waals surface area contributed by atoms with E-state index in [9.17, 15) is 8.78 Å². The van der Waals surface area contributed by atoms with Crippen molar-refractivity contribution in [3.05, 3.63) is 23.8 Å². The van der Waals surface area contributed by atoms with Gasteiger partial charge in [0.2, 0.25) is 0 Å². The highest BCUT2D eigenvalue weighted by molar-refractivity contribution is 5.20. The Bertz CT molecular complexity index is 234. The molecule has 0 saturated carbocycles. The second-order valence-electron chi connectivity index (χ2n) is 2.82. The third-order valence-corrected chi connectivity index (χ3v) is 1.60. The summed E-state index contributed by atoms with van der Waals surface area (Å²) in [5.41, 5.74) is 0.368. The van der Waals surface area contributed by atoms with Crippen molar-refractivity contribution >= 4 is 0 Å². The van der Waals surface area contributed by atoms with E-state index >= 15 is 0 Å². The van der Waals surface area contributed by atoms with Crippen molar-refractivity contribution in [2.45, 2.75) is 26.2 Å². The molecule has 0 aliphatic heterocycles. The number of hydrogen-bond acceptors (Lipinski definition) is 2. The fraction of sp³-hybridized carbons (Fsp3) is 0.500. The van der Waals surface area contributed by atoms with E-state index in [1.807, 2.05) is 13.8 Å². The molecule has 0 spiro atoms. The van der Waals surface area contributed by atoms with E-state index in [4.69, 9.17) is 0 Å². The predicted octanol–water partition coefficient (Wildman–Crippen LogP) is 2.54. The van der Waals surface area contributed by atoms with E-state index in [0.717, 1.165) is 6.33 Å². The molecular formula is C8H10F2N2. The molecule has 0 saturated heterocycles. The minimum absolute atomic E-state index is 0.0372. The van der Waals surface area contributed by atoms with Gasteiger partial charge in [0.15, 0.2) is 0 Å². The van der Waals surface area contributed by atoms with Crippen LogP contribution in [0.2, 0.25) is 0 Å². The van der Waals surface area contributed by atoms with Crippen LogP contribution >= 0.6 is 0 Å². The zero-order chi connectivity index (χ0) is 9.14. The molecule has 0 aliphatic rings. The molecular weight excluding hydrogens is 162 g/mol. The third kappa shape index (κ3) is 1.75. The van der Waals surface area contributed by atoms with Crippen molar-refractivity contribution in [1.29, 1.82) is 0 Å². The van der Waals surface area contributed by atoms with Crippen molar-refractivity contribution < 1.29 is 8.78 Å². The second-order valence-corrected chi connectivity index (χ2v) is 2.82. The Hall–Kier alpha value is -1.06. The van der Waals surface area contributed by atoms with Crippen LogP contribution in [0.4, 0.5) is 8.78 Å². The first kappa shape index (κ1) is 9.03. The van der Waals surface area contributed by atoms with Gasteiger partial charge in [-0.2, -0.15) is 0 Å².